The molecule has 2 aromatic rings. The van der Waals surface area contributed by atoms with Gasteiger partial charge < -0.3 is 10.4 Å². The number of nitrogens with zero attached hydrogens (tertiary/aromatic N) is 3. The van der Waals surface area contributed by atoms with Crippen LogP contribution in [-0.4, -0.2) is 31.7 Å². The summed E-state index contributed by atoms with van der Waals surface area (Å²) in [7, 11) is 0. The van der Waals surface area contributed by atoms with E-state index in [1.54, 1.807) is 29.3 Å². The van der Waals surface area contributed by atoms with Crippen molar-refractivity contribution in [3.8, 4) is 0 Å². The van der Waals surface area contributed by atoms with Crippen molar-refractivity contribution in [3.63, 3.8) is 0 Å². The average molecular weight is 288 g/mol. The molecule has 0 aromatic carbocycles. The highest BCUT2D eigenvalue weighted by molar-refractivity contribution is 5.89. The maximum absolute atomic E-state index is 11.6. The average Bonchev–Trinajstić information content (AvgIpc) is 2.86. The molecule has 21 heavy (non-hydrogen) atoms. The Morgan fingerprint density at radius 3 is 2.67 bits per heavy atom. The monoisotopic (exact) mass is 288 g/mol. The predicted molar refractivity (Wildman–Crippen MR) is 75.7 cm³/mol. The van der Waals surface area contributed by atoms with Crippen LogP contribution in [0.1, 0.15) is 24.8 Å². The van der Waals surface area contributed by atoms with Gasteiger partial charge in [0.05, 0.1) is 6.54 Å². The summed E-state index contributed by atoms with van der Waals surface area (Å²) in [5.41, 5.74) is 1.06. The molecule has 0 spiro atoms. The van der Waals surface area contributed by atoms with Gasteiger partial charge in [0, 0.05) is 37.5 Å². The Kier molecular flexibility index (Phi) is 5.03. The maximum Gasteiger partial charge on any atom is 0.303 e. The van der Waals surface area contributed by atoms with E-state index in [1.165, 1.54) is 0 Å². The topological polar surface area (TPSA) is 97.1 Å². The van der Waals surface area contributed by atoms with E-state index in [-0.39, 0.29) is 18.7 Å². The van der Waals surface area contributed by atoms with Gasteiger partial charge in [0.2, 0.25) is 5.91 Å². The normalized spacial score (nSPS) is 10.3. The van der Waals surface area contributed by atoms with Gasteiger partial charge >= 0.3 is 5.97 Å². The summed E-state index contributed by atoms with van der Waals surface area (Å²) in [6.07, 6.45) is 5.67. The van der Waals surface area contributed by atoms with Gasteiger partial charge in [0.1, 0.15) is 0 Å². The molecule has 2 heterocycles. The highest BCUT2D eigenvalue weighted by Crippen LogP contribution is 2.07. The number of hydrogen-bond donors (Lipinski definition) is 2. The molecule has 1 amide bonds. The molecule has 0 radical (unpaired) electrons. The van der Waals surface area contributed by atoms with Crippen molar-refractivity contribution in [2.75, 3.05) is 5.32 Å². The van der Waals surface area contributed by atoms with Crippen molar-refractivity contribution in [1.82, 2.24) is 14.8 Å². The molecular formula is C14H16N4O3. The Hall–Kier alpha value is -2.70. The third-order valence-electron chi connectivity index (χ3n) is 2.80. The number of anilines is 1. The lowest BCUT2D eigenvalue weighted by molar-refractivity contribution is -0.137. The number of rotatable bonds is 7. The number of aromatic nitrogens is 3. The van der Waals surface area contributed by atoms with Crippen LogP contribution in [0.3, 0.4) is 0 Å². The summed E-state index contributed by atoms with van der Waals surface area (Å²) in [4.78, 5) is 25.9. The number of carboxylic acids is 1. The third kappa shape index (κ3) is 5.06. The van der Waals surface area contributed by atoms with Crippen LogP contribution in [0.15, 0.2) is 36.8 Å². The van der Waals surface area contributed by atoms with E-state index in [4.69, 9.17) is 5.11 Å². The number of pyridine rings is 1. The van der Waals surface area contributed by atoms with Gasteiger partial charge in [-0.05, 0) is 24.1 Å². The van der Waals surface area contributed by atoms with E-state index in [0.717, 1.165) is 5.56 Å². The Labute approximate surface area is 121 Å². The predicted octanol–water partition coefficient (Wildman–Crippen LogP) is 1.52. The first-order valence-corrected chi connectivity index (χ1v) is 6.57. The van der Waals surface area contributed by atoms with Gasteiger partial charge in [-0.15, -0.1) is 0 Å². The second-order valence-corrected chi connectivity index (χ2v) is 4.55. The fourth-order valence-corrected chi connectivity index (χ4v) is 1.80. The second kappa shape index (κ2) is 7.18. The van der Waals surface area contributed by atoms with Crippen LogP contribution in [-0.2, 0) is 16.1 Å². The van der Waals surface area contributed by atoms with Crippen LogP contribution < -0.4 is 5.32 Å². The molecule has 2 N–H and O–H groups in total. The van der Waals surface area contributed by atoms with Gasteiger partial charge in [-0.3, -0.25) is 19.3 Å². The molecule has 7 nitrogen and oxygen atoms in total. The lowest BCUT2D eigenvalue weighted by Gasteiger charge is -2.02. The lowest BCUT2D eigenvalue weighted by atomic mass is 10.2. The zero-order valence-corrected chi connectivity index (χ0v) is 11.4. The summed E-state index contributed by atoms with van der Waals surface area (Å²) in [5, 5.41) is 15.4. The second-order valence-electron chi connectivity index (χ2n) is 4.55. The van der Waals surface area contributed by atoms with E-state index >= 15 is 0 Å². The third-order valence-corrected chi connectivity index (χ3v) is 2.80. The number of amides is 1. The number of carboxylic acid groups (broad SMARTS) is 1. The minimum absolute atomic E-state index is 0.0100. The van der Waals surface area contributed by atoms with E-state index < -0.39 is 5.97 Å². The SMILES string of the molecule is O=C(O)CCCC(=O)Nc1ccn(Cc2ccncc2)n1. The number of carbonyl (C=O) groups is 2. The minimum atomic E-state index is -0.899. The minimum Gasteiger partial charge on any atom is -0.481 e. The van der Waals surface area contributed by atoms with Gasteiger partial charge in [0.15, 0.2) is 5.82 Å². The van der Waals surface area contributed by atoms with Crippen molar-refractivity contribution in [2.45, 2.75) is 25.8 Å². The summed E-state index contributed by atoms with van der Waals surface area (Å²) in [6.45, 7) is 0.595. The first kappa shape index (κ1) is 14.7. The van der Waals surface area contributed by atoms with Crippen molar-refractivity contribution in [3.05, 3.63) is 42.4 Å². The van der Waals surface area contributed by atoms with Crippen LogP contribution in [0.25, 0.3) is 0 Å². The van der Waals surface area contributed by atoms with Gasteiger partial charge in [0.25, 0.3) is 0 Å². The number of aliphatic carboxylic acids is 1. The molecule has 0 saturated heterocycles. The first-order chi connectivity index (χ1) is 10.1. The van der Waals surface area contributed by atoms with Crippen LogP contribution >= 0.6 is 0 Å². The Bertz CT molecular complexity index is 610. The molecule has 0 aliphatic rings. The zero-order chi connectivity index (χ0) is 15.1. The molecule has 110 valence electrons. The highest BCUT2D eigenvalue weighted by atomic mass is 16.4. The van der Waals surface area contributed by atoms with Crippen LogP contribution in [0.5, 0.6) is 0 Å². The molecule has 0 saturated carbocycles. The van der Waals surface area contributed by atoms with Crippen LogP contribution in [0.2, 0.25) is 0 Å². The van der Waals surface area contributed by atoms with Crippen molar-refractivity contribution in [2.24, 2.45) is 0 Å². The summed E-state index contributed by atoms with van der Waals surface area (Å²) >= 11 is 0. The van der Waals surface area contributed by atoms with E-state index in [2.05, 4.69) is 15.4 Å². The molecule has 0 fully saturated rings. The summed E-state index contributed by atoms with van der Waals surface area (Å²) < 4.78 is 1.71. The lowest BCUT2D eigenvalue weighted by Crippen LogP contribution is -2.12. The first-order valence-electron chi connectivity index (χ1n) is 6.57. The number of carbonyl (C=O) groups excluding carboxylic acids is 1. The Morgan fingerprint density at radius 1 is 1.19 bits per heavy atom. The summed E-state index contributed by atoms with van der Waals surface area (Å²) in [5.74, 6) is -0.667. The number of hydrogen-bond acceptors (Lipinski definition) is 4. The Morgan fingerprint density at radius 2 is 1.95 bits per heavy atom. The fraction of sp³-hybridized carbons (Fsp3) is 0.286. The summed E-state index contributed by atoms with van der Waals surface area (Å²) in [6, 6.07) is 5.49. The van der Waals surface area contributed by atoms with Crippen LogP contribution in [0, 0.1) is 0 Å². The molecular weight excluding hydrogens is 272 g/mol. The molecule has 0 atom stereocenters. The highest BCUT2D eigenvalue weighted by Gasteiger charge is 2.06. The fourth-order valence-electron chi connectivity index (χ4n) is 1.80. The zero-order valence-electron chi connectivity index (χ0n) is 11.4. The smallest absolute Gasteiger partial charge is 0.303 e. The van der Waals surface area contributed by atoms with Crippen LogP contribution in [0.4, 0.5) is 5.82 Å². The van der Waals surface area contributed by atoms with Gasteiger partial charge in [-0.1, -0.05) is 0 Å². The standard InChI is InChI=1S/C14H16N4O3/c19-13(2-1-3-14(20)21)16-12-6-9-18(17-12)10-11-4-7-15-8-5-11/h4-9H,1-3,10H2,(H,20,21)(H,16,17,19). The molecule has 2 rings (SSSR count). The largest absolute Gasteiger partial charge is 0.481 e. The molecule has 0 aliphatic heterocycles. The number of nitrogens with one attached hydrogen (secondary N) is 1. The molecule has 7 heteroatoms. The molecule has 0 unspecified atom stereocenters. The maximum atomic E-state index is 11.6. The molecule has 0 aliphatic carbocycles. The van der Waals surface area contributed by atoms with Gasteiger partial charge in [-0.25, -0.2) is 0 Å². The van der Waals surface area contributed by atoms with E-state index in [1.807, 2.05) is 12.1 Å². The molecule has 2 aromatic heterocycles. The van der Waals surface area contributed by atoms with Gasteiger partial charge in [-0.2, -0.15) is 5.10 Å². The van der Waals surface area contributed by atoms with E-state index in [9.17, 15) is 9.59 Å². The molecule has 0 bridgehead atoms. The van der Waals surface area contributed by atoms with Crippen molar-refractivity contribution in [1.29, 1.82) is 0 Å². The van der Waals surface area contributed by atoms with E-state index in [0.29, 0.717) is 18.8 Å². The van der Waals surface area contributed by atoms with Crippen molar-refractivity contribution >= 4 is 17.7 Å². The Balaban J connectivity index is 1.82. The van der Waals surface area contributed by atoms with Crippen molar-refractivity contribution < 1.29 is 14.7 Å². The quantitative estimate of drug-likeness (QED) is 0.805.